The number of sulfonamides is 1. The number of imidazole rings is 1. The van der Waals surface area contributed by atoms with Gasteiger partial charge < -0.3 is 4.98 Å². The lowest BCUT2D eigenvalue weighted by Crippen LogP contribution is -2.39. The van der Waals surface area contributed by atoms with Crippen molar-refractivity contribution in [3.8, 4) is 0 Å². The summed E-state index contributed by atoms with van der Waals surface area (Å²) in [6.45, 7) is 0.950. The van der Waals surface area contributed by atoms with Gasteiger partial charge in [0.05, 0.1) is 5.02 Å². The molecular weight excluding hydrogens is 310 g/mol. The number of aromatic amines is 1. The minimum atomic E-state index is -3.56. The van der Waals surface area contributed by atoms with Crippen molar-refractivity contribution >= 4 is 21.6 Å². The third-order valence-corrected chi connectivity index (χ3v) is 6.11. The molecule has 1 aromatic heterocycles. The Hall–Kier alpha value is -1.37. The Balaban J connectivity index is 1.88. The number of hydrogen-bond acceptors (Lipinski definition) is 3. The Morgan fingerprint density at radius 2 is 2.14 bits per heavy atom. The topological polar surface area (TPSA) is 66.1 Å². The fraction of sp³-hybridized carbons (Fsp3) is 0.357. The Morgan fingerprint density at radius 1 is 1.33 bits per heavy atom. The summed E-state index contributed by atoms with van der Waals surface area (Å²) in [6, 6.07) is 6.56. The quantitative estimate of drug-likeness (QED) is 0.943. The van der Waals surface area contributed by atoms with Crippen LogP contribution in [0.3, 0.4) is 0 Å². The number of nitrogens with zero attached hydrogens (tertiary/aromatic N) is 2. The largest absolute Gasteiger partial charge is 0.348 e. The van der Waals surface area contributed by atoms with Crippen LogP contribution in [0.4, 0.5) is 0 Å². The van der Waals surface area contributed by atoms with Crippen LogP contribution in [0, 0.1) is 0 Å². The van der Waals surface area contributed by atoms with Crippen LogP contribution in [0.15, 0.2) is 41.6 Å². The summed E-state index contributed by atoms with van der Waals surface area (Å²) >= 11 is 6.04. The molecule has 0 spiro atoms. The van der Waals surface area contributed by atoms with Crippen LogP contribution < -0.4 is 0 Å². The molecule has 5 nitrogen and oxygen atoms in total. The number of benzene rings is 1. The molecule has 1 saturated heterocycles. The first-order valence-corrected chi connectivity index (χ1v) is 8.65. The molecule has 1 fully saturated rings. The van der Waals surface area contributed by atoms with Crippen molar-refractivity contribution in [1.29, 1.82) is 0 Å². The van der Waals surface area contributed by atoms with Gasteiger partial charge in [-0.3, -0.25) is 0 Å². The molecule has 0 radical (unpaired) electrons. The zero-order valence-electron chi connectivity index (χ0n) is 11.4. The molecule has 112 valence electrons. The summed E-state index contributed by atoms with van der Waals surface area (Å²) in [5.74, 6) is 0.945. The minimum absolute atomic E-state index is 0.103. The van der Waals surface area contributed by atoms with E-state index in [4.69, 9.17) is 11.6 Å². The maximum absolute atomic E-state index is 12.7. The van der Waals surface area contributed by atoms with Crippen molar-refractivity contribution in [3.63, 3.8) is 0 Å². The van der Waals surface area contributed by atoms with E-state index >= 15 is 0 Å². The maximum Gasteiger partial charge on any atom is 0.244 e. The Kier molecular flexibility index (Phi) is 4.01. The predicted molar refractivity (Wildman–Crippen MR) is 80.8 cm³/mol. The molecular formula is C14H16ClN3O2S. The van der Waals surface area contributed by atoms with E-state index in [-0.39, 0.29) is 15.8 Å². The van der Waals surface area contributed by atoms with Crippen LogP contribution in [0.25, 0.3) is 0 Å². The Labute approximate surface area is 129 Å². The third kappa shape index (κ3) is 2.84. The van der Waals surface area contributed by atoms with E-state index in [1.165, 1.54) is 4.31 Å². The van der Waals surface area contributed by atoms with Crippen molar-refractivity contribution in [2.75, 3.05) is 13.1 Å². The fourth-order valence-corrected chi connectivity index (χ4v) is 4.69. The van der Waals surface area contributed by atoms with Gasteiger partial charge in [-0.25, -0.2) is 13.4 Å². The summed E-state index contributed by atoms with van der Waals surface area (Å²) < 4.78 is 27.0. The van der Waals surface area contributed by atoms with E-state index in [9.17, 15) is 8.42 Å². The van der Waals surface area contributed by atoms with Crippen molar-refractivity contribution in [3.05, 3.63) is 47.5 Å². The minimum Gasteiger partial charge on any atom is -0.348 e. The smallest absolute Gasteiger partial charge is 0.244 e. The van der Waals surface area contributed by atoms with Gasteiger partial charge in [0, 0.05) is 31.4 Å². The first-order chi connectivity index (χ1) is 10.1. The molecule has 2 heterocycles. The van der Waals surface area contributed by atoms with E-state index in [1.807, 2.05) is 0 Å². The highest BCUT2D eigenvalue weighted by atomic mass is 35.5. The van der Waals surface area contributed by atoms with Gasteiger partial charge in [-0.15, -0.1) is 0 Å². The van der Waals surface area contributed by atoms with Gasteiger partial charge in [-0.1, -0.05) is 23.7 Å². The van der Waals surface area contributed by atoms with E-state index in [2.05, 4.69) is 9.97 Å². The monoisotopic (exact) mass is 325 g/mol. The third-order valence-electron chi connectivity index (χ3n) is 3.74. The van der Waals surface area contributed by atoms with Gasteiger partial charge in [-0.05, 0) is 25.0 Å². The molecule has 0 saturated carbocycles. The molecule has 1 N–H and O–H groups in total. The molecule has 1 aromatic carbocycles. The number of rotatable bonds is 3. The molecule has 7 heteroatoms. The average Bonchev–Trinajstić information content (AvgIpc) is 3.02. The van der Waals surface area contributed by atoms with Gasteiger partial charge >= 0.3 is 0 Å². The summed E-state index contributed by atoms with van der Waals surface area (Å²) in [6.07, 6.45) is 5.20. The van der Waals surface area contributed by atoms with E-state index < -0.39 is 10.0 Å². The summed E-state index contributed by atoms with van der Waals surface area (Å²) in [5, 5.41) is 0.262. The molecule has 0 bridgehead atoms. The van der Waals surface area contributed by atoms with Crippen LogP contribution in [-0.2, 0) is 10.0 Å². The second kappa shape index (κ2) is 5.79. The van der Waals surface area contributed by atoms with Gasteiger partial charge in [0.1, 0.15) is 10.7 Å². The van der Waals surface area contributed by atoms with Gasteiger partial charge in [0.2, 0.25) is 10.0 Å². The standard InChI is InChI=1S/C14H16ClN3O2S/c15-12-5-1-2-6-13(12)21(19,20)18-9-3-4-11(10-18)14-16-7-8-17-14/h1-2,5-8,11H,3-4,9-10H2,(H,16,17)/t11-/m0/s1. The van der Waals surface area contributed by atoms with E-state index in [0.717, 1.165) is 18.7 Å². The van der Waals surface area contributed by atoms with E-state index in [0.29, 0.717) is 13.1 Å². The summed E-state index contributed by atoms with van der Waals surface area (Å²) in [4.78, 5) is 7.49. The number of piperidine rings is 1. The Morgan fingerprint density at radius 3 is 2.86 bits per heavy atom. The predicted octanol–water partition coefficient (Wildman–Crippen LogP) is 2.63. The maximum atomic E-state index is 12.7. The highest BCUT2D eigenvalue weighted by Gasteiger charge is 2.32. The molecule has 0 amide bonds. The SMILES string of the molecule is O=S(=O)(c1ccccc1Cl)N1CCC[C@H](c2ncc[nH]2)C1. The van der Waals surface area contributed by atoms with Gasteiger partial charge in [0.25, 0.3) is 0 Å². The molecule has 2 aromatic rings. The zero-order valence-corrected chi connectivity index (χ0v) is 12.9. The van der Waals surface area contributed by atoms with Crippen LogP contribution in [0.2, 0.25) is 5.02 Å². The molecule has 3 rings (SSSR count). The van der Waals surface area contributed by atoms with Crippen LogP contribution in [0.1, 0.15) is 24.6 Å². The van der Waals surface area contributed by atoms with Crippen molar-refractivity contribution < 1.29 is 8.42 Å². The lowest BCUT2D eigenvalue weighted by Gasteiger charge is -2.31. The number of H-pyrrole nitrogens is 1. The molecule has 0 unspecified atom stereocenters. The molecule has 1 aliphatic rings. The average molecular weight is 326 g/mol. The first-order valence-electron chi connectivity index (χ1n) is 6.83. The number of aromatic nitrogens is 2. The number of halogens is 1. The van der Waals surface area contributed by atoms with Crippen LogP contribution in [-0.4, -0.2) is 35.8 Å². The fourth-order valence-electron chi connectivity index (χ4n) is 2.68. The number of nitrogens with one attached hydrogen (secondary N) is 1. The highest BCUT2D eigenvalue weighted by molar-refractivity contribution is 7.89. The lowest BCUT2D eigenvalue weighted by molar-refractivity contribution is 0.310. The molecule has 21 heavy (non-hydrogen) atoms. The normalized spacial score (nSPS) is 20.5. The highest BCUT2D eigenvalue weighted by Crippen LogP contribution is 2.30. The van der Waals surface area contributed by atoms with Crippen molar-refractivity contribution in [1.82, 2.24) is 14.3 Å². The first kappa shape index (κ1) is 14.6. The number of hydrogen-bond donors (Lipinski definition) is 1. The molecule has 1 aliphatic heterocycles. The lowest BCUT2D eigenvalue weighted by atomic mass is 9.99. The second-order valence-electron chi connectivity index (χ2n) is 5.11. The van der Waals surface area contributed by atoms with Crippen LogP contribution >= 0.6 is 11.6 Å². The second-order valence-corrected chi connectivity index (χ2v) is 7.42. The van der Waals surface area contributed by atoms with Crippen molar-refractivity contribution in [2.24, 2.45) is 0 Å². The molecule has 0 aliphatic carbocycles. The zero-order chi connectivity index (χ0) is 14.9. The van der Waals surface area contributed by atoms with E-state index in [1.54, 1.807) is 36.7 Å². The van der Waals surface area contributed by atoms with Crippen molar-refractivity contribution in [2.45, 2.75) is 23.7 Å². The summed E-state index contributed by atoms with van der Waals surface area (Å²) in [7, 11) is -3.56. The van der Waals surface area contributed by atoms with Gasteiger partial charge in [-0.2, -0.15) is 4.31 Å². The van der Waals surface area contributed by atoms with Gasteiger partial charge in [0.15, 0.2) is 0 Å². The summed E-state index contributed by atoms with van der Waals surface area (Å²) in [5.41, 5.74) is 0. The van der Waals surface area contributed by atoms with Crippen LogP contribution in [0.5, 0.6) is 0 Å². The molecule has 1 atom stereocenters. The Bertz CT molecular complexity index is 716.